The van der Waals surface area contributed by atoms with Gasteiger partial charge in [0.15, 0.2) is 11.5 Å². The van der Waals surface area contributed by atoms with Crippen LogP contribution >= 0.6 is 15.9 Å². The Morgan fingerprint density at radius 1 is 1.50 bits per heavy atom. The zero-order valence-corrected chi connectivity index (χ0v) is 8.92. The van der Waals surface area contributed by atoms with Gasteiger partial charge in [-0.3, -0.25) is 0 Å². The Balaban J connectivity index is 2.57. The van der Waals surface area contributed by atoms with Gasteiger partial charge in [0.25, 0.3) is 6.26 Å². The highest BCUT2D eigenvalue weighted by Gasteiger charge is 2.22. The third kappa shape index (κ3) is 1.28. The lowest BCUT2D eigenvalue weighted by molar-refractivity contribution is 0.173. The first-order valence-corrected chi connectivity index (χ1v) is 4.68. The Morgan fingerprint density at radius 3 is 2.93 bits per heavy atom. The summed E-state index contributed by atoms with van der Waals surface area (Å²) in [6.07, 6.45) is 1.63. The van der Waals surface area contributed by atoms with E-state index < -0.39 is 0 Å². The number of hydrogen-bond acceptors (Lipinski definition) is 4. The third-order valence-electron chi connectivity index (χ3n) is 1.95. The maximum Gasteiger partial charge on any atom is 0.292 e. The maximum atomic E-state index is 8.42. The van der Waals surface area contributed by atoms with Crippen LogP contribution in [0, 0.1) is 18.4 Å². The number of nitriles is 1. The van der Waals surface area contributed by atoms with Gasteiger partial charge >= 0.3 is 0 Å². The van der Waals surface area contributed by atoms with Crippen molar-refractivity contribution < 1.29 is 14.2 Å². The highest BCUT2D eigenvalue weighted by atomic mass is 79.9. The van der Waals surface area contributed by atoms with Crippen LogP contribution in [0.4, 0.5) is 0 Å². The van der Waals surface area contributed by atoms with E-state index in [0.717, 1.165) is 10.0 Å². The molecular formula is C9H6BrNO3. The van der Waals surface area contributed by atoms with Gasteiger partial charge in [-0.2, -0.15) is 0 Å². The Hall–Kier alpha value is -1.41. The molecule has 0 spiro atoms. The van der Waals surface area contributed by atoms with Gasteiger partial charge in [0, 0.05) is 11.6 Å². The number of hydrogen-bond donors (Lipinski definition) is 0. The molecule has 14 heavy (non-hydrogen) atoms. The van der Waals surface area contributed by atoms with E-state index in [2.05, 4.69) is 15.9 Å². The molecule has 0 N–H and O–H groups in total. The standard InChI is InChI=1S/C9H6BrNO3/c1-5-7(12-3-11)2-6(10)9-8(5)13-4-14-9/h2H,4H2,1H3. The van der Waals surface area contributed by atoms with Gasteiger partial charge in [0.05, 0.1) is 4.47 Å². The van der Waals surface area contributed by atoms with Gasteiger partial charge in [-0.1, -0.05) is 0 Å². The first-order valence-electron chi connectivity index (χ1n) is 3.88. The van der Waals surface area contributed by atoms with Crippen molar-refractivity contribution in [3.8, 4) is 23.5 Å². The van der Waals surface area contributed by atoms with Crippen molar-refractivity contribution >= 4 is 15.9 Å². The Kier molecular flexibility index (Phi) is 2.22. The van der Waals surface area contributed by atoms with Gasteiger partial charge in [-0.15, -0.1) is 5.26 Å². The lowest BCUT2D eigenvalue weighted by Crippen LogP contribution is -1.93. The predicted molar refractivity (Wildman–Crippen MR) is 51.2 cm³/mol. The van der Waals surface area contributed by atoms with E-state index in [4.69, 9.17) is 19.5 Å². The second-order valence-corrected chi connectivity index (χ2v) is 3.59. The Bertz CT molecular complexity index is 425. The van der Waals surface area contributed by atoms with Gasteiger partial charge in [-0.25, -0.2) is 0 Å². The summed E-state index contributed by atoms with van der Waals surface area (Å²) in [6, 6.07) is 1.69. The molecule has 2 rings (SSSR count). The van der Waals surface area contributed by atoms with Crippen molar-refractivity contribution in [1.29, 1.82) is 5.26 Å². The molecule has 1 aromatic carbocycles. The summed E-state index contributed by atoms with van der Waals surface area (Å²) in [5.74, 6) is 1.76. The number of benzene rings is 1. The Morgan fingerprint density at radius 2 is 2.21 bits per heavy atom. The van der Waals surface area contributed by atoms with E-state index in [1.807, 2.05) is 6.92 Å². The van der Waals surface area contributed by atoms with Crippen LogP contribution in [0.5, 0.6) is 17.2 Å². The molecular weight excluding hydrogens is 250 g/mol. The number of nitrogens with zero attached hydrogens (tertiary/aromatic N) is 1. The van der Waals surface area contributed by atoms with Gasteiger partial charge in [-0.05, 0) is 22.9 Å². The SMILES string of the molecule is Cc1c(OC#N)cc(Br)c2c1OCO2. The fourth-order valence-corrected chi connectivity index (χ4v) is 1.79. The molecule has 1 aliphatic heterocycles. The average molecular weight is 256 g/mol. The third-order valence-corrected chi connectivity index (χ3v) is 2.54. The van der Waals surface area contributed by atoms with E-state index in [9.17, 15) is 0 Å². The van der Waals surface area contributed by atoms with Crippen molar-refractivity contribution in [2.75, 3.05) is 6.79 Å². The second-order valence-electron chi connectivity index (χ2n) is 2.74. The van der Waals surface area contributed by atoms with Crippen LogP contribution in [-0.2, 0) is 0 Å². The van der Waals surface area contributed by atoms with Crippen LogP contribution in [0.2, 0.25) is 0 Å². The molecule has 0 amide bonds. The maximum absolute atomic E-state index is 8.42. The van der Waals surface area contributed by atoms with Crippen molar-refractivity contribution in [3.05, 3.63) is 16.1 Å². The van der Waals surface area contributed by atoms with E-state index >= 15 is 0 Å². The quantitative estimate of drug-likeness (QED) is 0.723. The number of rotatable bonds is 1. The van der Waals surface area contributed by atoms with Crippen molar-refractivity contribution in [2.45, 2.75) is 6.92 Å². The number of fused-ring (bicyclic) bond motifs is 1. The smallest absolute Gasteiger partial charge is 0.292 e. The molecule has 0 bridgehead atoms. The van der Waals surface area contributed by atoms with E-state index in [1.165, 1.54) is 0 Å². The molecule has 1 aliphatic rings. The number of ether oxygens (including phenoxy) is 3. The first-order chi connectivity index (χ1) is 6.74. The second kappa shape index (κ2) is 3.39. The summed E-state index contributed by atoms with van der Waals surface area (Å²) < 4.78 is 16.0. The summed E-state index contributed by atoms with van der Waals surface area (Å²) in [4.78, 5) is 0. The van der Waals surface area contributed by atoms with Crippen LogP contribution in [-0.4, -0.2) is 6.79 Å². The molecule has 0 saturated carbocycles. The van der Waals surface area contributed by atoms with E-state index in [-0.39, 0.29) is 6.79 Å². The van der Waals surface area contributed by atoms with E-state index in [1.54, 1.807) is 12.3 Å². The molecule has 0 unspecified atom stereocenters. The largest absolute Gasteiger partial charge is 0.453 e. The molecule has 0 saturated heterocycles. The first kappa shape index (κ1) is 9.16. The molecule has 0 fully saturated rings. The van der Waals surface area contributed by atoms with Crippen LogP contribution in [0.3, 0.4) is 0 Å². The minimum absolute atomic E-state index is 0.199. The molecule has 0 aliphatic carbocycles. The Labute approximate surface area is 89.1 Å². The summed E-state index contributed by atoms with van der Waals surface area (Å²) in [5.41, 5.74) is 0.766. The molecule has 5 heteroatoms. The zero-order valence-electron chi connectivity index (χ0n) is 7.33. The lowest BCUT2D eigenvalue weighted by Gasteiger charge is -2.06. The lowest BCUT2D eigenvalue weighted by atomic mass is 10.2. The molecule has 72 valence electrons. The van der Waals surface area contributed by atoms with Gasteiger partial charge < -0.3 is 14.2 Å². The van der Waals surface area contributed by atoms with Crippen LogP contribution in [0.15, 0.2) is 10.5 Å². The minimum Gasteiger partial charge on any atom is -0.453 e. The summed E-state index contributed by atoms with van der Waals surface area (Å²) in [7, 11) is 0. The van der Waals surface area contributed by atoms with Gasteiger partial charge in [0.2, 0.25) is 6.79 Å². The topological polar surface area (TPSA) is 51.5 Å². The molecule has 0 radical (unpaired) electrons. The van der Waals surface area contributed by atoms with Crippen LogP contribution in [0.1, 0.15) is 5.56 Å². The van der Waals surface area contributed by atoms with E-state index in [0.29, 0.717) is 17.2 Å². The average Bonchev–Trinajstić information content (AvgIpc) is 2.63. The minimum atomic E-state index is 0.199. The van der Waals surface area contributed by atoms with Gasteiger partial charge in [0.1, 0.15) is 5.75 Å². The number of halogens is 1. The van der Waals surface area contributed by atoms with Crippen LogP contribution in [0.25, 0.3) is 0 Å². The van der Waals surface area contributed by atoms with Crippen molar-refractivity contribution in [2.24, 2.45) is 0 Å². The fraction of sp³-hybridized carbons (Fsp3) is 0.222. The highest BCUT2D eigenvalue weighted by molar-refractivity contribution is 9.10. The van der Waals surface area contributed by atoms with Crippen LogP contribution < -0.4 is 14.2 Å². The molecule has 0 aromatic heterocycles. The summed E-state index contributed by atoms with van der Waals surface area (Å²) in [5, 5.41) is 8.42. The monoisotopic (exact) mass is 255 g/mol. The van der Waals surface area contributed by atoms with Crippen molar-refractivity contribution in [3.63, 3.8) is 0 Å². The summed E-state index contributed by atoms with van der Waals surface area (Å²) in [6.45, 7) is 2.01. The van der Waals surface area contributed by atoms with Crippen molar-refractivity contribution in [1.82, 2.24) is 0 Å². The summed E-state index contributed by atoms with van der Waals surface area (Å²) >= 11 is 3.31. The fourth-order valence-electron chi connectivity index (χ4n) is 1.29. The normalized spacial score (nSPS) is 12.4. The molecule has 1 aromatic rings. The highest BCUT2D eigenvalue weighted by Crippen LogP contribution is 2.45. The molecule has 0 atom stereocenters. The molecule has 1 heterocycles. The molecule has 4 nitrogen and oxygen atoms in total. The zero-order chi connectivity index (χ0) is 10.1. The predicted octanol–water partition coefficient (Wildman–Crippen LogP) is 2.35.